The zero-order valence-electron chi connectivity index (χ0n) is 9.81. The topological polar surface area (TPSA) is 64.9 Å². The molecule has 2 aromatic rings. The minimum Gasteiger partial charge on any atom is -0.419 e. The molecule has 0 spiro atoms. The summed E-state index contributed by atoms with van der Waals surface area (Å²) < 4.78 is 5.54. The Morgan fingerprint density at radius 3 is 2.82 bits per heavy atom. The van der Waals surface area contributed by atoms with E-state index in [4.69, 9.17) is 10.2 Å². The summed E-state index contributed by atoms with van der Waals surface area (Å²) in [6.07, 6.45) is 3.58. The fourth-order valence-electron chi connectivity index (χ4n) is 2.24. The summed E-state index contributed by atoms with van der Waals surface area (Å²) in [5.41, 5.74) is 9.54. The van der Waals surface area contributed by atoms with Crippen molar-refractivity contribution >= 4 is 0 Å². The summed E-state index contributed by atoms with van der Waals surface area (Å²) in [6, 6.07) is 6.14. The molecule has 0 radical (unpaired) electrons. The van der Waals surface area contributed by atoms with Crippen LogP contribution >= 0.6 is 0 Å². The minimum absolute atomic E-state index is 0.217. The van der Waals surface area contributed by atoms with Gasteiger partial charge in [-0.2, -0.15) is 0 Å². The molecule has 0 saturated heterocycles. The smallest absolute Gasteiger partial charge is 0.247 e. The Bertz CT molecular complexity index is 545. The molecule has 17 heavy (non-hydrogen) atoms. The zero-order valence-corrected chi connectivity index (χ0v) is 9.81. The van der Waals surface area contributed by atoms with Gasteiger partial charge in [0, 0.05) is 5.56 Å². The highest BCUT2D eigenvalue weighted by Gasteiger charge is 2.15. The van der Waals surface area contributed by atoms with E-state index < -0.39 is 0 Å². The number of hydrogen-bond acceptors (Lipinski definition) is 4. The molecule has 4 nitrogen and oxygen atoms in total. The molecule has 1 heterocycles. The van der Waals surface area contributed by atoms with Crippen molar-refractivity contribution in [3.05, 3.63) is 35.2 Å². The first-order valence-corrected chi connectivity index (χ1v) is 5.95. The Balaban J connectivity index is 1.97. The molecular formula is C13H15N3O. The van der Waals surface area contributed by atoms with E-state index in [1.807, 2.05) is 13.0 Å². The lowest BCUT2D eigenvalue weighted by molar-refractivity contribution is 0.473. The van der Waals surface area contributed by atoms with E-state index in [1.54, 1.807) is 0 Å². The summed E-state index contributed by atoms with van der Waals surface area (Å²) >= 11 is 0. The van der Waals surface area contributed by atoms with E-state index in [2.05, 4.69) is 22.3 Å². The highest BCUT2D eigenvalue weighted by Crippen LogP contribution is 2.27. The van der Waals surface area contributed by atoms with E-state index in [1.165, 1.54) is 24.0 Å². The molecule has 1 aromatic carbocycles. The summed E-state index contributed by atoms with van der Waals surface area (Å²) in [4.78, 5) is 0. The molecule has 1 unspecified atom stereocenters. The maximum Gasteiger partial charge on any atom is 0.247 e. The Kier molecular flexibility index (Phi) is 2.44. The lowest BCUT2D eigenvalue weighted by Gasteiger charge is -2.01. The number of nitrogens with two attached hydrogens (primary N) is 1. The van der Waals surface area contributed by atoms with Crippen molar-refractivity contribution in [1.29, 1.82) is 0 Å². The maximum atomic E-state index is 5.70. The highest BCUT2D eigenvalue weighted by molar-refractivity contribution is 5.56. The molecule has 0 saturated carbocycles. The molecule has 0 aliphatic heterocycles. The number of benzene rings is 1. The molecule has 2 N–H and O–H groups in total. The molecule has 1 aliphatic carbocycles. The Labute approximate surface area is 99.8 Å². The van der Waals surface area contributed by atoms with Gasteiger partial charge in [0.1, 0.15) is 0 Å². The summed E-state index contributed by atoms with van der Waals surface area (Å²) in [5, 5.41) is 7.98. The van der Waals surface area contributed by atoms with Crippen LogP contribution in [0.15, 0.2) is 22.6 Å². The Hall–Kier alpha value is -1.68. The van der Waals surface area contributed by atoms with Crippen LogP contribution < -0.4 is 5.73 Å². The molecule has 0 fully saturated rings. The number of aromatic nitrogens is 2. The number of rotatable bonds is 2. The number of fused-ring (bicyclic) bond motifs is 1. The normalized spacial score (nSPS) is 15.9. The van der Waals surface area contributed by atoms with Crippen LogP contribution in [0.1, 0.15) is 36.4 Å². The quantitative estimate of drug-likeness (QED) is 0.857. The van der Waals surface area contributed by atoms with Gasteiger partial charge in [0.2, 0.25) is 11.8 Å². The average molecular weight is 229 g/mol. The predicted molar refractivity (Wildman–Crippen MR) is 64.4 cm³/mol. The first kappa shape index (κ1) is 10.5. The number of aryl methyl sites for hydroxylation is 2. The second-order valence-electron chi connectivity index (χ2n) is 4.57. The molecule has 1 aliphatic rings. The summed E-state index contributed by atoms with van der Waals surface area (Å²) in [7, 11) is 0. The first-order chi connectivity index (χ1) is 8.24. The van der Waals surface area contributed by atoms with Crippen molar-refractivity contribution in [3.8, 4) is 11.5 Å². The lowest BCUT2D eigenvalue weighted by atomic mass is 10.1. The van der Waals surface area contributed by atoms with Crippen molar-refractivity contribution < 1.29 is 4.42 Å². The van der Waals surface area contributed by atoms with Crippen LogP contribution in [0.5, 0.6) is 0 Å². The van der Waals surface area contributed by atoms with E-state index in [-0.39, 0.29) is 6.04 Å². The van der Waals surface area contributed by atoms with Crippen molar-refractivity contribution in [2.75, 3.05) is 0 Å². The monoisotopic (exact) mass is 229 g/mol. The second-order valence-corrected chi connectivity index (χ2v) is 4.57. The van der Waals surface area contributed by atoms with Crippen LogP contribution in [0, 0.1) is 0 Å². The third kappa shape index (κ3) is 1.85. The predicted octanol–water partition coefficient (Wildman–Crippen LogP) is 2.25. The molecule has 88 valence electrons. The van der Waals surface area contributed by atoms with Gasteiger partial charge in [-0.05, 0) is 49.4 Å². The van der Waals surface area contributed by atoms with Crippen LogP contribution in [-0.2, 0) is 12.8 Å². The number of nitrogens with zero attached hydrogens (tertiary/aromatic N) is 2. The maximum absolute atomic E-state index is 5.70. The van der Waals surface area contributed by atoms with Gasteiger partial charge < -0.3 is 10.2 Å². The van der Waals surface area contributed by atoms with E-state index in [9.17, 15) is 0 Å². The van der Waals surface area contributed by atoms with Crippen molar-refractivity contribution in [1.82, 2.24) is 10.2 Å². The zero-order chi connectivity index (χ0) is 11.8. The average Bonchev–Trinajstić information content (AvgIpc) is 2.97. The second kappa shape index (κ2) is 3.96. The van der Waals surface area contributed by atoms with Crippen molar-refractivity contribution in [2.24, 2.45) is 5.73 Å². The van der Waals surface area contributed by atoms with Gasteiger partial charge in [0.15, 0.2) is 0 Å². The van der Waals surface area contributed by atoms with Crippen molar-refractivity contribution in [3.63, 3.8) is 0 Å². The van der Waals surface area contributed by atoms with Crippen LogP contribution in [0.3, 0.4) is 0 Å². The summed E-state index contributed by atoms with van der Waals surface area (Å²) in [6.45, 7) is 1.83. The fourth-order valence-corrected chi connectivity index (χ4v) is 2.24. The van der Waals surface area contributed by atoms with Gasteiger partial charge in [0.25, 0.3) is 0 Å². The first-order valence-electron chi connectivity index (χ1n) is 5.95. The Morgan fingerprint density at radius 2 is 2.06 bits per heavy atom. The highest BCUT2D eigenvalue weighted by atomic mass is 16.4. The van der Waals surface area contributed by atoms with Crippen LogP contribution in [0.4, 0.5) is 0 Å². The van der Waals surface area contributed by atoms with Gasteiger partial charge in [-0.3, -0.25) is 0 Å². The molecule has 0 bridgehead atoms. The third-order valence-corrected chi connectivity index (χ3v) is 3.18. The van der Waals surface area contributed by atoms with Crippen LogP contribution in [-0.4, -0.2) is 10.2 Å². The van der Waals surface area contributed by atoms with Crippen LogP contribution in [0.25, 0.3) is 11.5 Å². The third-order valence-electron chi connectivity index (χ3n) is 3.18. The van der Waals surface area contributed by atoms with E-state index in [0.29, 0.717) is 11.8 Å². The number of hydrogen-bond donors (Lipinski definition) is 1. The SMILES string of the molecule is CC(N)c1nnc(-c2ccc3c(c2)CCC3)o1. The fraction of sp³-hybridized carbons (Fsp3) is 0.385. The van der Waals surface area contributed by atoms with E-state index >= 15 is 0 Å². The van der Waals surface area contributed by atoms with Gasteiger partial charge in [-0.25, -0.2) is 0 Å². The molecule has 1 atom stereocenters. The minimum atomic E-state index is -0.217. The molecule has 4 heteroatoms. The molecule has 0 amide bonds. The molecule has 1 aromatic heterocycles. The van der Waals surface area contributed by atoms with Gasteiger partial charge in [-0.15, -0.1) is 10.2 Å². The van der Waals surface area contributed by atoms with Crippen LogP contribution in [0.2, 0.25) is 0 Å². The largest absolute Gasteiger partial charge is 0.419 e. The standard InChI is InChI=1S/C13H15N3O/c1-8(14)12-15-16-13(17-12)11-6-5-9-3-2-4-10(9)7-11/h5-8H,2-4,14H2,1H3. The van der Waals surface area contributed by atoms with Crippen molar-refractivity contribution in [2.45, 2.75) is 32.2 Å². The molecule has 3 rings (SSSR count). The van der Waals surface area contributed by atoms with Gasteiger partial charge in [-0.1, -0.05) is 6.07 Å². The van der Waals surface area contributed by atoms with Gasteiger partial charge >= 0.3 is 0 Å². The van der Waals surface area contributed by atoms with Gasteiger partial charge in [0.05, 0.1) is 6.04 Å². The molecular weight excluding hydrogens is 214 g/mol. The summed E-state index contributed by atoms with van der Waals surface area (Å²) in [5.74, 6) is 1.05. The Morgan fingerprint density at radius 1 is 1.24 bits per heavy atom. The van der Waals surface area contributed by atoms with E-state index in [0.717, 1.165) is 12.0 Å². The lowest BCUT2D eigenvalue weighted by Crippen LogP contribution is -2.04.